The summed E-state index contributed by atoms with van der Waals surface area (Å²) in [5.74, 6) is 0.844. The third-order valence-corrected chi connectivity index (χ3v) is 4.38. The molecule has 1 aliphatic carbocycles. The first-order chi connectivity index (χ1) is 7.56. The van der Waals surface area contributed by atoms with Gasteiger partial charge in [0, 0.05) is 26.7 Å². The topological polar surface area (TPSA) is 69.6 Å². The zero-order valence-corrected chi connectivity index (χ0v) is 10.7. The minimum atomic E-state index is -3.34. The van der Waals surface area contributed by atoms with Crippen LogP contribution in [0.3, 0.4) is 0 Å². The molecule has 0 amide bonds. The maximum atomic E-state index is 11.6. The van der Waals surface area contributed by atoms with Gasteiger partial charge in [0.2, 0.25) is 0 Å². The summed E-state index contributed by atoms with van der Waals surface area (Å²) in [4.78, 5) is 0. The van der Waals surface area contributed by atoms with E-state index in [1.54, 1.807) is 0 Å². The first kappa shape index (κ1) is 13.9. The number of nitrogens with one attached hydrogen (secondary N) is 1. The molecule has 1 saturated carbocycles. The molecule has 96 valence electrons. The molecular weight excluding hydrogens is 228 g/mol. The molecule has 0 spiro atoms. The quantitative estimate of drug-likeness (QED) is 0.579. The highest BCUT2D eigenvalue weighted by molar-refractivity contribution is 7.87. The molecule has 6 heteroatoms. The molecule has 2 N–H and O–H groups in total. The van der Waals surface area contributed by atoms with Crippen molar-refractivity contribution in [2.24, 2.45) is 5.92 Å². The standard InChI is InChI=1S/C10H22N2O3S/c1-12(8-3-9-13)16(14,15)11-7-2-4-10-5-6-10/h10-11,13H,2-9H2,1H3. The summed E-state index contributed by atoms with van der Waals surface area (Å²) in [7, 11) is -1.81. The van der Waals surface area contributed by atoms with E-state index in [1.165, 1.54) is 24.2 Å². The fourth-order valence-electron chi connectivity index (χ4n) is 1.52. The third kappa shape index (κ3) is 5.25. The van der Waals surface area contributed by atoms with Gasteiger partial charge in [-0.25, -0.2) is 4.72 Å². The smallest absolute Gasteiger partial charge is 0.279 e. The number of aliphatic hydroxyl groups is 1. The first-order valence-corrected chi connectivity index (χ1v) is 7.32. The van der Waals surface area contributed by atoms with Crippen molar-refractivity contribution < 1.29 is 13.5 Å². The lowest BCUT2D eigenvalue weighted by Gasteiger charge is -2.16. The molecule has 5 nitrogen and oxygen atoms in total. The van der Waals surface area contributed by atoms with Crippen molar-refractivity contribution in [1.29, 1.82) is 0 Å². The molecule has 0 radical (unpaired) electrons. The van der Waals surface area contributed by atoms with E-state index in [0.717, 1.165) is 18.8 Å². The highest BCUT2D eigenvalue weighted by atomic mass is 32.2. The molecule has 0 heterocycles. The number of hydrogen-bond donors (Lipinski definition) is 2. The largest absolute Gasteiger partial charge is 0.396 e. The van der Waals surface area contributed by atoms with Crippen LogP contribution in [0.25, 0.3) is 0 Å². The fraction of sp³-hybridized carbons (Fsp3) is 1.00. The fourth-order valence-corrected chi connectivity index (χ4v) is 2.51. The Morgan fingerprint density at radius 3 is 2.62 bits per heavy atom. The van der Waals surface area contributed by atoms with Crippen LogP contribution in [0.5, 0.6) is 0 Å². The molecular formula is C10H22N2O3S. The molecule has 0 unspecified atom stereocenters. The van der Waals surface area contributed by atoms with Gasteiger partial charge in [-0.1, -0.05) is 12.8 Å². The SMILES string of the molecule is CN(CCCO)S(=O)(=O)NCCCC1CC1. The van der Waals surface area contributed by atoms with E-state index in [0.29, 0.717) is 19.5 Å². The lowest BCUT2D eigenvalue weighted by molar-refractivity contribution is 0.275. The van der Waals surface area contributed by atoms with Gasteiger partial charge in [-0.05, 0) is 25.2 Å². The average molecular weight is 250 g/mol. The molecule has 0 aromatic rings. The Balaban J connectivity index is 2.15. The molecule has 0 aromatic carbocycles. The van der Waals surface area contributed by atoms with Crippen molar-refractivity contribution in [3.63, 3.8) is 0 Å². The minimum absolute atomic E-state index is 0.0154. The number of rotatable bonds is 9. The Bertz CT molecular complexity index is 288. The van der Waals surface area contributed by atoms with Crippen molar-refractivity contribution >= 4 is 10.2 Å². The van der Waals surface area contributed by atoms with Crippen LogP contribution in [-0.2, 0) is 10.2 Å². The molecule has 1 rings (SSSR count). The zero-order valence-electron chi connectivity index (χ0n) is 9.85. The lowest BCUT2D eigenvalue weighted by atomic mass is 10.2. The van der Waals surface area contributed by atoms with Gasteiger partial charge in [-0.15, -0.1) is 0 Å². The first-order valence-electron chi connectivity index (χ1n) is 5.88. The molecule has 0 aromatic heterocycles. The molecule has 0 atom stereocenters. The van der Waals surface area contributed by atoms with Crippen LogP contribution >= 0.6 is 0 Å². The third-order valence-electron chi connectivity index (χ3n) is 2.81. The van der Waals surface area contributed by atoms with Gasteiger partial charge in [-0.2, -0.15) is 12.7 Å². The summed E-state index contributed by atoms with van der Waals surface area (Å²) in [6.45, 7) is 0.887. The summed E-state index contributed by atoms with van der Waals surface area (Å²) in [5, 5.41) is 8.62. The molecule has 1 aliphatic rings. The summed E-state index contributed by atoms with van der Waals surface area (Å²) in [6.07, 6.45) is 5.13. The van der Waals surface area contributed by atoms with E-state index in [1.807, 2.05) is 0 Å². The van der Waals surface area contributed by atoms with Crippen LogP contribution in [0.2, 0.25) is 0 Å². The lowest BCUT2D eigenvalue weighted by Crippen LogP contribution is -2.39. The summed E-state index contributed by atoms with van der Waals surface area (Å²) in [6, 6.07) is 0. The van der Waals surface area contributed by atoms with E-state index in [-0.39, 0.29) is 6.61 Å². The van der Waals surface area contributed by atoms with Crippen molar-refractivity contribution in [3.8, 4) is 0 Å². The maximum absolute atomic E-state index is 11.6. The summed E-state index contributed by atoms with van der Waals surface area (Å²) < 4.78 is 27.1. The van der Waals surface area contributed by atoms with Gasteiger partial charge in [0.05, 0.1) is 0 Å². The Morgan fingerprint density at radius 1 is 1.38 bits per heavy atom. The van der Waals surface area contributed by atoms with E-state index >= 15 is 0 Å². The van der Waals surface area contributed by atoms with E-state index in [4.69, 9.17) is 5.11 Å². The number of nitrogens with zero attached hydrogens (tertiary/aromatic N) is 1. The minimum Gasteiger partial charge on any atom is -0.396 e. The van der Waals surface area contributed by atoms with Crippen LogP contribution in [-0.4, -0.2) is 44.6 Å². The Labute approximate surface area is 98.0 Å². The zero-order chi connectivity index (χ0) is 12.0. The second-order valence-corrected chi connectivity index (χ2v) is 6.25. The number of hydrogen-bond acceptors (Lipinski definition) is 3. The second kappa shape index (κ2) is 6.54. The maximum Gasteiger partial charge on any atom is 0.279 e. The molecule has 0 bridgehead atoms. The van der Waals surface area contributed by atoms with Gasteiger partial charge < -0.3 is 5.11 Å². The van der Waals surface area contributed by atoms with Gasteiger partial charge in [0.15, 0.2) is 0 Å². The van der Waals surface area contributed by atoms with Crippen LogP contribution < -0.4 is 4.72 Å². The summed E-state index contributed by atoms with van der Waals surface area (Å²) in [5.41, 5.74) is 0. The van der Waals surface area contributed by atoms with E-state index in [9.17, 15) is 8.42 Å². The summed E-state index contributed by atoms with van der Waals surface area (Å²) >= 11 is 0. The van der Waals surface area contributed by atoms with Crippen LogP contribution in [0.1, 0.15) is 32.1 Å². The van der Waals surface area contributed by atoms with Gasteiger partial charge in [0.1, 0.15) is 0 Å². The van der Waals surface area contributed by atoms with Crippen molar-refractivity contribution in [3.05, 3.63) is 0 Å². The molecule has 0 saturated heterocycles. The van der Waals surface area contributed by atoms with E-state index < -0.39 is 10.2 Å². The number of aliphatic hydroxyl groups excluding tert-OH is 1. The molecule has 0 aliphatic heterocycles. The molecule has 16 heavy (non-hydrogen) atoms. The second-order valence-electron chi connectivity index (χ2n) is 4.38. The highest BCUT2D eigenvalue weighted by Crippen LogP contribution is 2.33. The average Bonchev–Trinajstić information content (AvgIpc) is 3.04. The normalized spacial score (nSPS) is 16.9. The van der Waals surface area contributed by atoms with Crippen LogP contribution in [0, 0.1) is 5.92 Å². The van der Waals surface area contributed by atoms with E-state index in [2.05, 4.69) is 4.72 Å². The predicted molar refractivity (Wildman–Crippen MR) is 63.2 cm³/mol. The Morgan fingerprint density at radius 2 is 2.06 bits per heavy atom. The monoisotopic (exact) mass is 250 g/mol. The van der Waals surface area contributed by atoms with Crippen LogP contribution in [0.4, 0.5) is 0 Å². The Kier molecular flexibility index (Phi) is 5.68. The predicted octanol–water partition coefficient (Wildman–Crippen LogP) is 0.325. The van der Waals surface area contributed by atoms with Gasteiger partial charge in [-0.3, -0.25) is 0 Å². The van der Waals surface area contributed by atoms with Crippen molar-refractivity contribution in [2.75, 3.05) is 26.7 Å². The Hall–Kier alpha value is -0.170. The van der Waals surface area contributed by atoms with Crippen LogP contribution in [0.15, 0.2) is 0 Å². The van der Waals surface area contributed by atoms with Gasteiger partial charge in [0.25, 0.3) is 10.2 Å². The van der Waals surface area contributed by atoms with Gasteiger partial charge >= 0.3 is 0 Å². The molecule has 1 fully saturated rings. The van der Waals surface area contributed by atoms with Crippen molar-refractivity contribution in [1.82, 2.24) is 9.03 Å². The highest BCUT2D eigenvalue weighted by Gasteiger charge is 2.21. The van der Waals surface area contributed by atoms with Crippen molar-refractivity contribution in [2.45, 2.75) is 32.1 Å².